The molecule has 1 aliphatic carbocycles. The Morgan fingerprint density at radius 3 is 2.40 bits per heavy atom. The summed E-state index contributed by atoms with van der Waals surface area (Å²) in [7, 11) is 0. The van der Waals surface area contributed by atoms with E-state index in [4.69, 9.17) is 5.11 Å². The Hall–Kier alpha value is -0.780. The molecule has 1 rings (SSSR count). The number of hydrogen-bond donors (Lipinski definition) is 2. The first-order chi connectivity index (χ1) is 9.28. The van der Waals surface area contributed by atoms with Crippen molar-refractivity contribution in [2.45, 2.75) is 64.1 Å². The second kappa shape index (κ2) is 7.86. The molecule has 0 aromatic carbocycles. The molecule has 1 atom stereocenters. The predicted octanol–water partition coefficient (Wildman–Crippen LogP) is 3.59. The molecule has 0 radical (unpaired) electrons. The number of rotatable bonds is 7. The van der Waals surface area contributed by atoms with Crippen LogP contribution in [0.5, 0.6) is 0 Å². The van der Waals surface area contributed by atoms with Gasteiger partial charge in [0.05, 0.1) is 5.92 Å². The van der Waals surface area contributed by atoms with Crippen molar-refractivity contribution in [1.82, 2.24) is 5.32 Å². The molecule has 20 heavy (non-hydrogen) atoms. The van der Waals surface area contributed by atoms with Crippen LogP contribution in [0.4, 0.5) is 13.2 Å². The largest absolute Gasteiger partial charge is 0.481 e. The molecule has 0 aromatic heterocycles. The zero-order valence-electron chi connectivity index (χ0n) is 11.9. The van der Waals surface area contributed by atoms with E-state index in [9.17, 15) is 18.0 Å². The molecular weight excluding hydrogens is 271 g/mol. The number of carboxylic acids is 1. The fourth-order valence-electron chi connectivity index (χ4n) is 2.69. The lowest BCUT2D eigenvalue weighted by Gasteiger charge is -2.27. The molecule has 0 aromatic rings. The van der Waals surface area contributed by atoms with Crippen LogP contribution < -0.4 is 5.32 Å². The minimum atomic E-state index is -4.06. The van der Waals surface area contributed by atoms with E-state index in [0.717, 1.165) is 19.4 Å². The topological polar surface area (TPSA) is 49.3 Å². The summed E-state index contributed by atoms with van der Waals surface area (Å²) in [5, 5.41) is 12.2. The summed E-state index contributed by atoms with van der Waals surface area (Å²) in [6.07, 6.45) is -0.905. The van der Waals surface area contributed by atoms with Crippen molar-refractivity contribution in [2.75, 3.05) is 6.54 Å². The number of aliphatic carboxylic acids is 1. The number of carbonyl (C=O) groups is 1. The molecule has 1 aliphatic rings. The maximum atomic E-state index is 12.0. The Labute approximate surface area is 117 Å². The van der Waals surface area contributed by atoms with E-state index in [2.05, 4.69) is 5.32 Å². The Bertz CT molecular complexity index is 299. The highest BCUT2D eigenvalue weighted by atomic mass is 19.4. The monoisotopic (exact) mass is 295 g/mol. The molecule has 0 amide bonds. The van der Waals surface area contributed by atoms with E-state index in [1.807, 2.05) is 6.92 Å². The van der Waals surface area contributed by atoms with Gasteiger partial charge < -0.3 is 10.4 Å². The lowest BCUT2D eigenvalue weighted by Crippen LogP contribution is -2.33. The van der Waals surface area contributed by atoms with Crippen LogP contribution in [0.15, 0.2) is 0 Å². The summed E-state index contributed by atoms with van der Waals surface area (Å²) in [6, 6.07) is 0.0783. The van der Waals surface area contributed by atoms with Gasteiger partial charge in [0.1, 0.15) is 0 Å². The lowest BCUT2D eigenvalue weighted by atomic mass is 9.82. The molecule has 2 N–H and O–H groups in total. The maximum absolute atomic E-state index is 12.0. The molecule has 1 saturated carbocycles. The van der Waals surface area contributed by atoms with E-state index < -0.39 is 18.6 Å². The molecule has 0 heterocycles. The third-order valence-electron chi connectivity index (χ3n) is 4.05. The summed E-state index contributed by atoms with van der Waals surface area (Å²) in [6.45, 7) is 2.68. The van der Waals surface area contributed by atoms with Crippen LogP contribution in [0.1, 0.15) is 51.9 Å². The number of nitrogens with one attached hydrogen (secondary N) is 1. The molecule has 118 valence electrons. The first-order valence-corrected chi connectivity index (χ1v) is 7.31. The van der Waals surface area contributed by atoms with E-state index in [1.54, 1.807) is 0 Å². The normalized spacial score (nSPS) is 25.4. The molecular formula is C14H24F3NO2. The van der Waals surface area contributed by atoms with Crippen LogP contribution in [-0.2, 0) is 4.79 Å². The molecule has 3 nitrogen and oxygen atoms in total. The van der Waals surface area contributed by atoms with Gasteiger partial charge >= 0.3 is 12.1 Å². The van der Waals surface area contributed by atoms with Gasteiger partial charge in [-0.3, -0.25) is 4.79 Å². The van der Waals surface area contributed by atoms with Crippen LogP contribution in [0, 0.1) is 11.8 Å². The Morgan fingerprint density at radius 1 is 1.30 bits per heavy atom. The average molecular weight is 295 g/mol. The van der Waals surface area contributed by atoms with E-state index in [0.29, 0.717) is 25.2 Å². The lowest BCUT2D eigenvalue weighted by molar-refractivity contribution is -0.143. The molecule has 1 unspecified atom stereocenters. The Morgan fingerprint density at radius 2 is 1.90 bits per heavy atom. The third-order valence-corrected chi connectivity index (χ3v) is 4.05. The second-order valence-electron chi connectivity index (χ2n) is 5.87. The summed E-state index contributed by atoms with van der Waals surface area (Å²) in [5.41, 5.74) is 0. The second-order valence-corrected chi connectivity index (χ2v) is 5.87. The molecule has 1 fully saturated rings. The van der Waals surface area contributed by atoms with Gasteiger partial charge in [0.25, 0.3) is 0 Å². The van der Waals surface area contributed by atoms with Crippen LogP contribution in [-0.4, -0.2) is 29.8 Å². The quantitative estimate of drug-likeness (QED) is 0.754. The molecule has 6 heteroatoms. The number of hydrogen-bond acceptors (Lipinski definition) is 2. The van der Waals surface area contributed by atoms with Gasteiger partial charge in [-0.25, -0.2) is 0 Å². The van der Waals surface area contributed by atoms with Crippen molar-refractivity contribution >= 4 is 5.97 Å². The van der Waals surface area contributed by atoms with E-state index >= 15 is 0 Å². The minimum Gasteiger partial charge on any atom is -0.481 e. The third kappa shape index (κ3) is 7.12. The highest BCUT2D eigenvalue weighted by molar-refractivity contribution is 5.69. The van der Waals surface area contributed by atoms with Gasteiger partial charge in [0.15, 0.2) is 0 Å². The summed E-state index contributed by atoms with van der Waals surface area (Å²) in [5.74, 6) is -0.469. The van der Waals surface area contributed by atoms with Gasteiger partial charge in [0, 0.05) is 12.5 Å². The van der Waals surface area contributed by atoms with Gasteiger partial charge in [-0.15, -0.1) is 0 Å². The fourth-order valence-corrected chi connectivity index (χ4v) is 2.69. The van der Waals surface area contributed by atoms with Crippen LogP contribution >= 0.6 is 0 Å². The van der Waals surface area contributed by atoms with E-state index in [-0.39, 0.29) is 18.4 Å². The van der Waals surface area contributed by atoms with Gasteiger partial charge in [-0.1, -0.05) is 0 Å². The Kier molecular flexibility index (Phi) is 6.79. The standard InChI is InChI=1S/C14H24F3NO2/c1-10(3-2-8-14(15,16)17)18-9-11-4-6-12(7-5-11)13(19)20/h10-12,18H,2-9H2,1H3,(H,19,20). The number of alkyl halides is 3. The molecule has 0 bridgehead atoms. The first kappa shape index (κ1) is 17.3. The van der Waals surface area contributed by atoms with Crippen molar-refractivity contribution in [2.24, 2.45) is 11.8 Å². The number of halogens is 3. The number of carboxylic acid groups (broad SMARTS) is 1. The molecule has 0 aliphatic heterocycles. The highest BCUT2D eigenvalue weighted by Crippen LogP contribution is 2.28. The van der Waals surface area contributed by atoms with E-state index in [1.165, 1.54) is 0 Å². The van der Waals surface area contributed by atoms with Crippen LogP contribution in [0.2, 0.25) is 0 Å². The van der Waals surface area contributed by atoms with Gasteiger partial charge in [-0.05, 0) is 57.9 Å². The molecule has 0 saturated heterocycles. The smallest absolute Gasteiger partial charge is 0.389 e. The minimum absolute atomic E-state index is 0.0783. The maximum Gasteiger partial charge on any atom is 0.389 e. The van der Waals surface area contributed by atoms with Crippen molar-refractivity contribution in [3.05, 3.63) is 0 Å². The van der Waals surface area contributed by atoms with Crippen molar-refractivity contribution in [3.63, 3.8) is 0 Å². The zero-order valence-corrected chi connectivity index (χ0v) is 11.9. The SMILES string of the molecule is CC(CCCC(F)(F)F)NCC1CCC(C(=O)O)CC1. The van der Waals surface area contributed by atoms with Gasteiger partial charge in [0.2, 0.25) is 0 Å². The highest BCUT2D eigenvalue weighted by Gasteiger charge is 2.27. The Balaban J connectivity index is 2.10. The average Bonchev–Trinajstić information content (AvgIpc) is 2.35. The molecule has 0 spiro atoms. The van der Waals surface area contributed by atoms with Crippen molar-refractivity contribution < 1.29 is 23.1 Å². The predicted molar refractivity (Wildman–Crippen MR) is 70.5 cm³/mol. The summed E-state index contributed by atoms with van der Waals surface area (Å²) < 4.78 is 36.0. The fraction of sp³-hybridized carbons (Fsp3) is 0.929. The first-order valence-electron chi connectivity index (χ1n) is 7.31. The summed E-state index contributed by atoms with van der Waals surface area (Å²) in [4.78, 5) is 10.8. The van der Waals surface area contributed by atoms with Crippen molar-refractivity contribution in [3.8, 4) is 0 Å². The summed E-state index contributed by atoms with van der Waals surface area (Å²) >= 11 is 0. The van der Waals surface area contributed by atoms with Crippen molar-refractivity contribution in [1.29, 1.82) is 0 Å². The van der Waals surface area contributed by atoms with Crippen LogP contribution in [0.25, 0.3) is 0 Å². The van der Waals surface area contributed by atoms with Gasteiger partial charge in [-0.2, -0.15) is 13.2 Å². The zero-order chi connectivity index (χ0) is 15.2. The van der Waals surface area contributed by atoms with Crippen LogP contribution in [0.3, 0.4) is 0 Å².